The fraction of sp³-hybridized carbons (Fsp3) is 0.614. The van der Waals surface area contributed by atoms with Gasteiger partial charge in [0.05, 0.1) is 38.3 Å². The molecule has 3 heterocycles. The topological polar surface area (TPSA) is 345 Å². The Labute approximate surface area is 416 Å². The van der Waals surface area contributed by atoms with Crippen molar-refractivity contribution in [1.82, 2.24) is 0 Å². The third kappa shape index (κ3) is 17.3. The van der Waals surface area contributed by atoms with Crippen LogP contribution in [0.25, 0.3) is 0 Å². The molecule has 0 aliphatic carbocycles. The lowest BCUT2D eigenvalue weighted by Gasteiger charge is -2.43. The van der Waals surface area contributed by atoms with Crippen LogP contribution in [0.3, 0.4) is 0 Å². The van der Waals surface area contributed by atoms with Crippen LogP contribution in [0.4, 0.5) is 11.4 Å². The van der Waals surface area contributed by atoms with Gasteiger partial charge in [-0.05, 0) is 12.1 Å². The number of hydrogen-bond acceptors (Lipinski definition) is 23. The summed E-state index contributed by atoms with van der Waals surface area (Å²) in [7, 11) is 0. The van der Waals surface area contributed by atoms with Gasteiger partial charge in [-0.2, -0.15) is 0 Å². The molecular formula is C44H58Cl2N2O23. The monoisotopic (exact) mass is 1050 g/mol. The summed E-state index contributed by atoms with van der Waals surface area (Å²) in [5, 5.41) is 59.6. The number of hydrogen-bond donors (Lipinski definition) is 4. The summed E-state index contributed by atoms with van der Waals surface area (Å²) in [4.78, 5) is 76.3. The molecule has 3 aliphatic heterocycles. The first-order chi connectivity index (χ1) is 33.2. The van der Waals surface area contributed by atoms with E-state index in [1.807, 2.05) is 13.8 Å². The maximum atomic E-state index is 11.5. The van der Waals surface area contributed by atoms with E-state index < -0.39 is 114 Å². The van der Waals surface area contributed by atoms with Crippen molar-refractivity contribution < 1.29 is 102 Å². The van der Waals surface area contributed by atoms with Crippen LogP contribution in [0.2, 0.25) is 10.0 Å². The van der Waals surface area contributed by atoms with Gasteiger partial charge in [0.25, 0.3) is 11.4 Å². The number of benzene rings is 2. The number of aliphatic hydroxyl groups is 4. The Balaban J connectivity index is 0.000000285. The van der Waals surface area contributed by atoms with E-state index in [-0.39, 0.29) is 69.8 Å². The third-order valence-electron chi connectivity index (χ3n) is 11.1. The maximum absolute atomic E-state index is 11.5. The molecule has 71 heavy (non-hydrogen) atoms. The molecule has 0 aromatic heterocycles. The predicted molar refractivity (Wildman–Crippen MR) is 241 cm³/mol. The number of carbonyl (C=O) groups is 5. The van der Waals surface area contributed by atoms with Crippen LogP contribution in [-0.4, -0.2) is 148 Å². The minimum atomic E-state index is -1.59. The number of carbonyl (C=O) groups excluding carboxylic acids is 5. The molecule has 2 aromatic rings. The Bertz CT molecular complexity index is 2180. The van der Waals surface area contributed by atoms with E-state index in [2.05, 4.69) is 0 Å². The van der Waals surface area contributed by atoms with Gasteiger partial charge >= 0.3 is 29.8 Å². The quantitative estimate of drug-likeness (QED) is 0.0909. The maximum Gasteiger partial charge on any atom is 0.304 e. The number of non-ortho nitro benzene ring substituents is 2. The number of nitro benzene ring substituents is 2. The van der Waals surface area contributed by atoms with Crippen LogP contribution in [0.5, 0.6) is 11.5 Å². The number of nitrogens with zero attached hydrogens (tertiary/aromatic N) is 2. The zero-order valence-electron chi connectivity index (χ0n) is 39.9. The second-order valence-electron chi connectivity index (χ2n) is 16.6. The van der Waals surface area contributed by atoms with Crippen molar-refractivity contribution in [2.75, 3.05) is 19.8 Å². The second-order valence-corrected chi connectivity index (χ2v) is 17.4. The van der Waals surface area contributed by atoms with E-state index in [0.29, 0.717) is 0 Å². The molecule has 4 N–H and O–H groups in total. The third-order valence-corrected chi connectivity index (χ3v) is 11.7. The summed E-state index contributed by atoms with van der Waals surface area (Å²) in [6, 6.07) is 7.22. The molecule has 3 fully saturated rings. The average Bonchev–Trinajstić information content (AvgIpc) is 3.28. The van der Waals surface area contributed by atoms with Gasteiger partial charge < -0.3 is 67.8 Å². The molecule has 0 amide bonds. The first kappa shape index (κ1) is 59.8. The molecule has 396 valence electrons. The Kier molecular flexibility index (Phi) is 23.0. The van der Waals surface area contributed by atoms with Crippen molar-refractivity contribution in [3.05, 3.63) is 66.7 Å². The second kappa shape index (κ2) is 27.4. The van der Waals surface area contributed by atoms with Gasteiger partial charge in [0, 0.05) is 70.7 Å². The summed E-state index contributed by atoms with van der Waals surface area (Å²) in [6.45, 7) is 13.1. The minimum absolute atomic E-state index is 0.0126. The highest BCUT2D eigenvalue weighted by atomic mass is 35.5. The SMILES string of the molecule is CC(=O)OCC1OC(OC(C)=O)C(C)[C@@H](OC(C)=O)[C@@H]1C.CC(=O)OCC1O[C@@H](Oc2ccc([N+](=O)[O-])cc2Cl)C(C)[C@@H](OC(C)=O)[C@@H]1C.O=[N+]([O-])c1ccc(O[C@@H]2OC(CO)[C@@H](O)[C@H](O)C2O)c(Cl)c1. The van der Waals surface area contributed by atoms with Crippen molar-refractivity contribution in [2.24, 2.45) is 23.7 Å². The summed E-state index contributed by atoms with van der Waals surface area (Å²) >= 11 is 11.9. The van der Waals surface area contributed by atoms with Gasteiger partial charge in [-0.3, -0.25) is 44.2 Å². The predicted octanol–water partition coefficient (Wildman–Crippen LogP) is 3.59. The van der Waals surface area contributed by atoms with E-state index in [1.165, 1.54) is 58.9 Å². The molecule has 2 aromatic carbocycles. The van der Waals surface area contributed by atoms with Crippen LogP contribution in [0, 0.1) is 43.9 Å². The summed E-state index contributed by atoms with van der Waals surface area (Å²) in [6.07, 6.45) is -11.1. The van der Waals surface area contributed by atoms with Gasteiger partial charge in [-0.25, -0.2) is 0 Å². The van der Waals surface area contributed by atoms with Crippen molar-refractivity contribution in [2.45, 2.75) is 130 Å². The average molecular weight is 1050 g/mol. The molecular weight excluding hydrogens is 995 g/mol. The molecule has 0 saturated carbocycles. The van der Waals surface area contributed by atoms with Crippen molar-refractivity contribution in [3.63, 3.8) is 0 Å². The normalized spacial score (nSPS) is 30.0. The lowest BCUT2D eigenvalue weighted by atomic mass is 9.85. The first-order valence-electron chi connectivity index (χ1n) is 21.8. The summed E-state index contributed by atoms with van der Waals surface area (Å²) in [5.74, 6) is -3.25. The molecule has 0 radical (unpaired) electrons. The van der Waals surface area contributed by atoms with Gasteiger partial charge in [-0.15, -0.1) is 0 Å². The number of rotatable bonds is 14. The van der Waals surface area contributed by atoms with Crippen molar-refractivity contribution >= 4 is 64.4 Å². The Morgan fingerprint density at radius 3 is 1.30 bits per heavy atom. The molecule has 25 nitrogen and oxygen atoms in total. The summed E-state index contributed by atoms with van der Waals surface area (Å²) in [5.41, 5.74) is -0.416. The largest absolute Gasteiger partial charge is 0.463 e. The van der Waals surface area contributed by atoms with Crippen LogP contribution in [0.15, 0.2) is 36.4 Å². The Hall–Kier alpha value is -5.51. The number of halogens is 2. The fourth-order valence-corrected chi connectivity index (χ4v) is 7.81. The summed E-state index contributed by atoms with van der Waals surface area (Å²) < 4.78 is 53.7. The molecule has 27 heteroatoms. The van der Waals surface area contributed by atoms with E-state index in [4.69, 9.17) is 75.7 Å². The van der Waals surface area contributed by atoms with Gasteiger partial charge in [-0.1, -0.05) is 50.9 Å². The van der Waals surface area contributed by atoms with Gasteiger partial charge in [0.2, 0.25) is 18.9 Å². The number of esters is 5. The Morgan fingerprint density at radius 2 is 0.930 bits per heavy atom. The number of aliphatic hydroxyl groups excluding tert-OH is 4. The van der Waals surface area contributed by atoms with Crippen LogP contribution in [-0.2, 0) is 61.9 Å². The molecule has 15 atom stereocenters. The highest BCUT2D eigenvalue weighted by Crippen LogP contribution is 2.38. The first-order valence-corrected chi connectivity index (χ1v) is 22.5. The molecule has 7 unspecified atom stereocenters. The molecule has 3 aliphatic rings. The smallest absolute Gasteiger partial charge is 0.304 e. The van der Waals surface area contributed by atoms with Gasteiger partial charge in [0.1, 0.15) is 73.5 Å². The van der Waals surface area contributed by atoms with Crippen molar-refractivity contribution in [3.8, 4) is 11.5 Å². The standard InChI is InChI=1S/C18H22ClNO8.C14H22O7.C12H14ClNO8/c1-9-16(8-25-11(3)21)28-18(10(2)17(9)26-12(4)22)27-15-6-5-13(20(23)24)7-14(15)19;1-7-12(6-18-9(3)15)21-14(20-11(5)17)8(2)13(7)19-10(4)16;13-6-3-5(14(19)20)1-2-7(6)21-12-11(18)10(17)9(16)8(4-15)22-12/h5-7,9-10,16-18H,8H2,1-4H3;7-8,12-14H,6H2,1-5H3;1-3,8-12,15-18H,4H2/t9-,10?,16?,17+,18-;7-,8?,12?,13+,14?;8?,9-,10+,11?,12-/m111/s1. The molecule has 3 saturated heterocycles. The lowest BCUT2D eigenvalue weighted by molar-refractivity contribution is -0.385. The Morgan fingerprint density at radius 1 is 0.549 bits per heavy atom. The van der Waals surface area contributed by atoms with Gasteiger partial charge in [0.15, 0.2) is 0 Å². The van der Waals surface area contributed by atoms with Crippen LogP contribution in [0.1, 0.15) is 62.3 Å². The van der Waals surface area contributed by atoms with E-state index in [0.717, 1.165) is 12.1 Å². The van der Waals surface area contributed by atoms with E-state index in [9.17, 15) is 59.5 Å². The van der Waals surface area contributed by atoms with E-state index >= 15 is 0 Å². The highest BCUT2D eigenvalue weighted by molar-refractivity contribution is 6.32. The highest BCUT2D eigenvalue weighted by Gasteiger charge is 2.47. The molecule has 0 bridgehead atoms. The van der Waals surface area contributed by atoms with E-state index in [1.54, 1.807) is 13.8 Å². The fourth-order valence-electron chi connectivity index (χ4n) is 7.37. The molecule has 0 spiro atoms. The lowest BCUT2D eigenvalue weighted by Crippen LogP contribution is -2.60. The zero-order chi connectivity index (χ0) is 53.6. The van der Waals surface area contributed by atoms with Crippen LogP contribution < -0.4 is 9.47 Å². The minimum Gasteiger partial charge on any atom is -0.463 e. The van der Waals surface area contributed by atoms with Crippen molar-refractivity contribution in [1.29, 1.82) is 0 Å². The van der Waals surface area contributed by atoms with Crippen LogP contribution >= 0.6 is 23.2 Å². The zero-order valence-corrected chi connectivity index (χ0v) is 41.5. The number of nitro groups is 2. The number of ether oxygens (including phenoxy) is 10. The molecule has 5 rings (SSSR count).